The van der Waals surface area contributed by atoms with E-state index < -0.39 is 68.0 Å². The highest BCUT2D eigenvalue weighted by atomic mass is 28.3. The largest absolute Gasteiger partial charge is 0.416 e. The van der Waals surface area contributed by atoms with Crippen LogP contribution in [0.25, 0.3) is 11.0 Å². The molecule has 1 heterocycles. The number of nitrogens with zero attached hydrogens (tertiary/aromatic N) is 2. The van der Waals surface area contributed by atoms with Crippen LogP contribution in [0.1, 0.15) is 63.4 Å². The molecule has 1 unspecified atom stereocenters. The molecule has 5 atom stereocenters. The fourth-order valence-electron chi connectivity index (χ4n) is 5.32. The first kappa shape index (κ1) is 34.7. The second kappa shape index (κ2) is 12.6. The van der Waals surface area contributed by atoms with Gasteiger partial charge in [0.1, 0.15) is 12.6 Å². The maximum atomic E-state index is 14.2. The summed E-state index contributed by atoms with van der Waals surface area (Å²) in [6, 6.07) is 4.97. The van der Waals surface area contributed by atoms with Crippen molar-refractivity contribution >= 4 is 25.0 Å². The van der Waals surface area contributed by atoms with Crippen LogP contribution < -0.4 is 11.5 Å². The van der Waals surface area contributed by atoms with Crippen LogP contribution in [-0.4, -0.2) is 66.7 Å². The number of hydrogen-bond acceptors (Lipinski definition) is 6. The molecule has 0 spiro atoms. The van der Waals surface area contributed by atoms with Crippen molar-refractivity contribution in [1.29, 1.82) is 0 Å². The zero-order valence-electron chi connectivity index (χ0n) is 26.2. The molecule has 4 N–H and O–H groups in total. The Morgan fingerprint density at radius 1 is 1.20 bits per heavy atom. The van der Waals surface area contributed by atoms with E-state index in [1.807, 2.05) is 0 Å². The number of imidazole rings is 1. The minimum absolute atomic E-state index is 0.0222. The highest BCUT2D eigenvalue weighted by Gasteiger charge is 2.63. The van der Waals surface area contributed by atoms with Crippen molar-refractivity contribution in [2.45, 2.75) is 114 Å². The van der Waals surface area contributed by atoms with Crippen molar-refractivity contribution in [2.75, 3.05) is 13.2 Å². The normalized spacial score (nSPS) is 21.7. The number of ether oxygens (including phenoxy) is 3. The Kier molecular flexibility index (Phi) is 9.93. The Balaban J connectivity index is 1.70. The van der Waals surface area contributed by atoms with Gasteiger partial charge in [-0.3, -0.25) is 4.79 Å². The lowest BCUT2D eigenvalue weighted by atomic mass is 9.82. The topological polar surface area (TPSA) is 115 Å². The van der Waals surface area contributed by atoms with E-state index in [4.69, 9.17) is 30.7 Å². The molecule has 248 valence electrons. The fraction of sp³-hybridized carbons (Fsp3) is 0.733. The van der Waals surface area contributed by atoms with Crippen LogP contribution in [0.4, 0.5) is 22.0 Å². The number of benzene rings is 1. The highest BCUT2D eigenvalue weighted by molar-refractivity contribution is 6.76. The number of alkyl halides is 5. The maximum absolute atomic E-state index is 14.2. The van der Waals surface area contributed by atoms with Gasteiger partial charge >= 0.3 is 6.18 Å². The number of carbonyl (C=O) groups is 1. The van der Waals surface area contributed by atoms with Gasteiger partial charge < -0.3 is 30.2 Å². The molecule has 14 heteroatoms. The maximum Gasteiger partial charge on any atom is 0.416 e. The number of rotatable bonds is 16. The van der Waals surface area contributed by atoms with Gasteiger partial charge in [0.2, 0.25) is 5.91 Å². The molecular weight excluding hydrogens is 603 g/mol. The predicted molar refractivity (Wildman–Crippen MR) is 159 cm³/mol. The lowest BCUT2D eigenvalue weighted by Gasteiger charge is -2.33. The van der Waals surface area contributed by atoms with Crippen LogP contribution in [0, 0.1) is 11.8 Å². The lowest BCUT2D eigenvalue weighted by molar-refractivity contribution is -0.277. The van der Waals surface area contributed by atoms with Crippen LogP contribution in [-0.2, 0) is 25.7 Å². The summed E-state index contributed by atoms with van der Waals surface area (Å²) < 4.78 is 88.1. The van der Waals surface area contributed by atoms with Crippen molar-refractivity contribution in [2.24, 2.45) is 23.3 Å². The minimum atomic E-state index is -4.62. The molecule has 0 bridgehead atoms. The number of nitrogens with two attached hydrogens (primary N) is 2. The molecule has 0 aliphatic heterocycles. The molecule has 1 aromatic carbocycles. The SMILES string of the molecule is C[C@@H](OC(C)(C)C(F)(F)F)[C@H](N)c1nc2cc([C@@H](COC3CC3)C(C(N)=O)[C@@H]3CC3(F)F)ccc2n1COCC[Si](C)(C)C. The summed E-state index contributed by atoms with van der Waals surface area (Å²) in [6.07, 6.45) is -4.38. The van der Waals surface area contributed by atoms with Gasteiger partial charge in [-0.15, -0.1) is 0 Å². The molecule has 1 amide bonds. The standard InChI is InChI=1S/C30H45F5N4O4Si/c1-17(43-28(2,3)30(33,34)35)25(36)27-38-22-13-18(7-10-23(22)39(27)16-41-11-12-44(4,5)6)20(15-42-19-8-9-19)24(26(37)40)21-14-29(21,31)32/h7,10,13,17,19-21,24-25H,8-9,11-12,14-16,36H2,1-6H3,(H2,37,40)/t17-,20-,21+,24?,25+/m1/s1. The molecule has 2 aromatic rings. The summed E-state index contributed by atoms with van der Waals surface area (Å²) in [7, 11) is -1.40. The van der Waals surface area contributed by atoms with E-state index in [2.05, 4.69) is 19.6 Å². The third-order valence-electron chi connectivity index (χ3n) is 8.52. The molecule has 44 heavy (non-hydrogen) atoms. The first-order chi connectivity index (χ1) is 20.2. The summed E-state index contributed by atoms with van der Waals surface area (Å²) in [5.41, 5.74) is 11.3. The van der Waals surface area contributed by atoms with E-state index in [0.717, 1.165) is 32.7 Å². The van der Waals surface area contributed by atoms with Crippen molar-refractivity contribution in [1.82, 2.24) is 9.55 Å². The van der Waals surface area contributed by atoms with Crippen molar-refractivity contribution < 1.29 is 41.0 Å². The average molecular weight is 649 g/mol. The Morgan fingerprint density at radius 2 is 1.84 bits per heavy atom. The quantitative estimate of drug-likeness (QED) is 0.129. The van der Waals surface area contributed by atoms with Gasteiger partial charge in [-0.05, 0) is 57.4 Å². The second-order valence-corrected chi connectivity index (χ2v) is 19.6. The van der Waals surface area contributed by atoms with Gasteiger partial charge in [0.25, 0.3) is 5.92 Å². The molecule has 1 aromatic heterocycles. The highest BCUT2D eigenvalue weighted by Crippen LogP contribution is 2.56. The Bertz CT molecular complexity index is 1320. The van der Waals surface area contributed by atoms with Gasteiger partial charge in [0.05, 0.1) is 41.8 Å². The molecule has 0 radical (unpaired) electrons. The third kappa shape index (κ3) is 8.17. The summed E-state index contributed by atoms with van der Waals surface area (Å²) >= 11 is 0. The smallest absolute Gasteiger partial charge is 0.378 e. The van der Waals surface area contributed by atoms with Crippen LogP contribution >= 0.6 is 0 Å². The average Bonchev–Trinajstić information content (AvgIpc) is 3.78. The number of primary amides is 1. The van der Waals surface area contributed by atoms with E-state index in [1.165, 1.54) is 6.92 Å². The summed E-state index contributed by atoms with van der Waals surface area (Å²) in [5.74, 6) is -6.61. The number of halogens is 5. The van der Waals surface area contributed by atoms with Crippen LogP contribution in [0.3, 0.4) is 0 Å². The second-order valence-electron chi connectivity index (χ2n) is 14.0. The molecule has 8 nitrogen and oxygen atoms in total. The zero-order chi connectivity index (χ0) is 32.8. The van der Waals surface area contributed by atoms with Crippen LogP contribution in [0.15, 0.2) is 18.2 Å². The van der Waals surface area contributed by atoms with Gasteiger partial charge in [-0.1, -0.05) is 25.7 Å². The van der Waals surface area contributed by atoms with E-state index in [-0.39, 0.29) is 25.3 Å². The summed E-state index contributed by atoms with van der Waals surface area (Å²) in [6.45, 7) is 10.5. The number of aromatic nitrogens is 2. The molecule has 2 aliphatic carbocycles. The Labute approximate surface area is 256 Å². The minimum Gasteiger partial charge on any atom is -0.378 e. The van der Waals surface area contributed by atoms with Crippen LogP contribution in [0.2, 0.25) is 25.7 Å². The molecular formula is C30H45F5N4O4Si. The number of amides is 1. The first-order valence-electron chi connectivity index (χ1n) is 15.1. The summed E-state index contributed by atoms with van der Waals surface area (Å²) in [4.78, 5) is 17.2. The molecule has 2 aliphatic rings. The molecule has 2 saturated carbocycles. The Hall–Kier alpha value is -2.13. The van der Waals surface area contributed by atoms with E-state index in [9.17, 15) is 26.7 Å². The Morgan fingerprint density at radius 3 is 2.36 bits per heavy atom. The van der Waals surface area contributed by atoms with Gasteiger partial charge in [-0.25, -0.2) is 13.8 Å². The lowest BCUT2D eigenvalue weighted by Crippen LogP contribution is -2.46. The summed E-state index contributed by atoms with van der Waals surface area (Å²) in [5, 5.41) is 0. The van der Waals surface area contributed by atoms with Gasteiger partial charge in [-0.2, -0.15) is 13.2 Å². The van der Waals surface area contributed by atoms with Crippen molar-refractivity contribution in [3.8, 4) is 0 Å². The monoisotopic (exact) mass is 648 g/mol. The first-order valence-corrected chi connectivity index (χ1v) is 18.8. The van der Waals surface area contributed by atoms with Gasteiger partial charge in [0, 0.05) is 32.9 Å². The number of carbonyl (C=O) groups excluding carboxylic acids is 1. The van der Waals surface area contributed by atoms with E-state index >= 15 is 0 Å². The molecule has 4 rings (SSSR count). The zero-order valence-corrected chi connectivity index (χ0v) is 27.2. The van der Waals surface area contributed by atoms with Gasteiger partial charge in [0.15, 0.2) is 5.60 Å². The molecule has 2 fully saturated rings. The van der Waals surface area contributed by atoms with Crippen molar-refractivity contribution in [3.05, 3.63) is 29.6 Å². The third-order valence-corrected chi connectivity index (χ3v) is 10.2. The van der Waals surface area contributed by atoms with Crippen LogP contribution in [0.5, 0.6) is 0 Å². The molecule has 0 saturated heterocycles. The predicted octanol–water partition coefficient (Wildman–Crippen LogP) is 6.11. The number of fused-ring (bicyclic) bond motifs is 1. The van der Waals surface area contributed by atoms with E-state index in [0.29, 0.717) is 23.2 Å². The fourth-order valence-corrected chi connectivity index (χ4v) is 6.07. The number of hydrogen-bond donors (Lipinski definition) is 2. The van der Waals surface area contributed by atoms with Crippen molar-refractivity contribution in [3.63, 3.8) is 0 Å². The van der Waals surface area contributed by atoms with E-state index in [1.54, 1.807) is 22.8 Å².